The second-order valence-electron chi connectivity index (χ2n) is 2.09. The van der Waals surface area contributed by atoms with Gasteiger partial charge in [-0.15, -0.1) is 0 Å². The fraction of sp³-hybridized carbons (Fsp3) is 0.571. The molecule has 0 saturated heterocycles. The summed E-state index contributed by atoms with van der Waals surface area (Å²) in [7, 11) is 0. The summed E-state index contributed by atoms with van der Waals surface area (Å²) >= 11 is 0. The monoisotopic (exact) mass is 140 g/mol. The van der Waals surface area contributed by atoms with Gasteiger partial charge in [0.25, 0.3) is 0 Å². The molecular weight excluding hydrogens is 128 g/mol. The highest BCUT2D eigenvalue weighted by Gasteiger charge is 2.04. The van der Waals surface area contributed by atoms with Crippen LogP contribution in [0.3, 0.4) is 0 Å². The van der Waals surface area contributed by atoms with E-state index in [0.29, 0.717) is 6.54 Å². The SMILES string of the molecule is C=C(C)C(C#N)NCCO. The van der Waals surface area contributed by atoms with E-state index in [4.69, 9.17) is 10.4 Å². The molecule has 1 atom stereocenters. The zero-order chi connectivity index (χ0) is 7.98. The first-order chi connectivity index (χ1) is 4.72. The molecule has 56 valence electrons. The van der Waals surface area contributed by atoms with E-state index in [-0.39, 0.29) is 12.6 Å². The van der Waals surface area contributed by atoms with Crippen molar-refractivity contribution in [2.45, 2.75) is 13.0 Å². The van der Waals surface area contributed by atoms with Crippen molar-refractivity contribution in [3.63, 3.8) is 0 Å². The van der Waals surface area contributed by atoms with Crippen molar-refractivity contribution in [2.75, 3.05) is 13.2 Å². The number of aliphatic hydroxyl groups excluding tert-OH is 1. The van der Waals surface area contributed by atoms with Gasteiger partial charge in [0.1, 0.15) is 6.04 Å². The molecule has 2 N–H and O–H groups in total. The zero-order valence-electron chi connectivity index (χ0n) is 6.09. The third-order valence-electron chi connectivity index (χ3n) is 1.08. The van der Waals surface area contributed by atoms with Crippen molar-refractivity contribution < 1.29 is 5.11 Å². The summed E-state index contributed by atoms with van der Waals surface area (Å²) in [6.07, 6.45) is 0. The number of nitrogens with one attached hydrogen (secondary N) is 1. The van der Waals surface area contributed by atoms with Gasteiger partial charge in [-0.1, -0.05) is 6.58 Å². The number of nitriles is 1. The summed E-state index contributed by atoms with van der Waals surface area (Å²) < 4.78 is 0. The molecule has 0 aliphatic heterocycles. The molecule has 0 saturated carbocycles. The Bertz CT molecular complexity index is 148. The van der Waals surface area contributed by atoms with Crippen molar-refractivity contribution >= 4 is 0 Å². The van der Waals surface area contributed by atoms with E-state index in [1.54, 1.807) is 6.92 Å². The second kappa shape index (κ2) is 4.98. The predicted octanol–water partition coefficient (Wildman–Crippen LogP) is 0.0366. The molecule has 10 heavy (non-hydrogen) atoms. The van der Waals surface area contributed by atoms with E-state index < -0.39 is 0 Å². The molecule has 0 aromatic heterocycles. The van der Waals surface area contributed by atoms with Crippen molar-refractivity contribution in [3.05, 3.63) is 12.2 Å². The Morgan fingerprint density at radius 1 is 1.90 bits per heavy atom. The van der Waals surface area contributed by atoms with E-state index in [1.165, 1.54) is 0 Å². The number of aliphatic hydroxyl groups is 1. The summed E-state index contributed by atoms with van der Waals surface area (Å²) in [4.78, 5) is 0. The third kappa shape index (κ3) is 3.23. The van der Waals surface area contributed by atoms with Gasteiger partial charge in [-0.2, -0.15) is 5.26 Å². The number of rotatable bonds is 4. The minimum Gasteiger partial charge on any atom is -0.395 e. The zero-order valence-corrected chi connectivity index (χ0v) is 6.09. The summed E-state index contributed by atoms with van der Waals surface area (Å²) in [6.45, 7) is 5.87. The smallest absolute Gasteiger partial charge is 0.116 e. The van der Waals surface area contributed by atoms with Crippen molar-refractivity contribution in [1.29, 1.82) is 5.26 Å². The summed E-state index contributed by atoms with van der Waals surface area (Å²) in [5.74, 6) is 0. The average Bonchev–Trinajstić information content (AvgIpc) is 1.89. The topological polar surface area (TPSA) is 56.0 Å². The maximum Gasteiger partial charge on any atom is 0.116 e. The van der Waals surface area contributed by atoms with Gasteiger partial charge in [0, 0.05) is 6.54 Å². The molecule has 0 bridgehead atoms. The number of hydrogen-bond acceptors (Lipinski definition) is 3. The second-order valence-corrected chi connectivity index (χ2v) is 2.09. The molecule has 0 radical (unpaired) electrons. The Hall–Kier alpha value is -0.850. The molecule has 0 amide bonds. The van der Waals surface area contributed by atoms with Crippen LogP contribution in [0.2, 0.25) is 0 Å². The largest absolute Gasteiger partial charge is 0.395 e. The lowest BCUT2D eigenvalue weighted by Gasteiger charge is -2.08. The first kappa shape index (κ1) is 9.15. The highest BCUT2D eigenvalue weighted by molar-refractivity contribution is 5.12. The minimum absolute atomic E-state index is 0.0471. The molecule has 0 aliphatic rings. The average molecular weight is 140 g/mol. The molecule has 3 nitrogen and oxygen atoms in total. The number of hydrogen-bond donors (Lipinski definition) is 2. The summed E-state index contributed by atoms with van der Waals surface area (Å²) in [6, 6.07) is 1.69. The van der Waals surface area contributed by atoms with E-state index in [2.05, 4.69) is 11.9 Å². The van der Waals surface area contributed by atoms with Crippen LogP contribution in [-0.2, 0) is 0 Å². The van der Waals surface area contributed by atoms with Crippen LogP contribution in [0.5, 0.6) is 0 Å². The highest BCUT2D eigenvalue weighted by Crippen LogP contribution is 1.94. The van der Waals surface area contributed by atoms with E-state index in [1.807, 2.05) is 6.07 Å². The van der Waals surface area contributed by atoms with Gasteiger partial charge in [-0.25, -0.2) is 0 Å². The molecule has 3 heteroatoms. The van der Waals surface area contributed by atoms with Gasteiger partial charge in [-0.3, -0.25) is 5.32 Å². The highest BCUT2D eigenvalue weighted by atomic mass is 16.3. The van der Waals surface area contributed by atoms with Crippen molar-refractivity contribution in [1.82, 2.24) is 5.32 Å². The van der Waals surface area contributed by atoms with Crippen LogP contribution >= 0.6 is 0 Å². The normalized spacial score (nSPS) is 12.1. The number of nitrogens with zero attached hydrogens (tertiary/aromatic N) is 1. The molecule has 0 heterocycles. The van der Waals surface area contributed by atoms with Crippen LogP contribution in [0, 0.1) is 11.3 Å². The lowest BCUT2D eigenvalue weighted by molar-refractivity contribution is 0.291. The lowest BCUT2D eigenvalue weighted by atomic mass is 10.2. The van der Waals surface area contributed by atoms with Crippen LogP contribution < -0.4 is 5.32 Å². The molecule has 0 spiro atoms. The Kier molecular flexibility index (Phi) is 4.55. The van der Waals surface area contributed by atoms with Gasteiger partial charge < -0.3 is 5.11 Å². The van der Waals surface area contributed by atoms with Gasteiger partial charge in [0.2, 0.25) is 0 Å². The Labute approximate surface area is 61.0 Å². The van der Waals surface area contributed by atoms with E-state index in [9.17, 15) is 0 Å². The standard InChI is InChI=1S/C7H12N2O/c1-6(2)7(5-8)9-3-4-10/h7,9-10H,1,3-4H2,2H3. The molecule has 0 rings (SSSR count). The first-order valence-electron chi connectivity index (χ1n) is 3.11. The molecule has 0 aromatic rings. The van der Waals surface area contributed by atoms with Crippen molar-refractivity contribution in [3.8, 4) is 6.07 Å². The fourth-order valence-electron chi connectivity index (χ4n) is 0.539. The van der Waals surface area contributed by atoms with E-state index in [0.717, 1.165) is 5.57 Å². The van der Waals surface area contributed by atoms with Crippen LogP contribution in [0.1, 0.15) is 6.92 Å². The van der Waals surface area contributed by atoms with Crippen LogP contribution in [0.15, 0.2) is 12.2 Å². The van der Waals surface area contributed by atoms with Gasteiger partial charge >= 0.3 is 0 Å². The van der Waals surface area contributed by atoms with Crippen LogP contribution in [-0.4, -0.2) is 24.3 Å². The predicted molar refractivity (Wildman–Crippen MR) is 39.3 cm³/mol. The maximum absolute atomic E-state index is 8.47. The van der Waals surface area contributed by atoms with Gasteiger partial charge in [0.05, 0.1) is 12.7 Å². The summed E-state index contributed by atoms with van der Waals surface area (Å²) in [5, 5.41) is 19.7. The first-order valence-corrected chi connectivity index (χ1v) is 3.11. The minimum atomic E-state index is -0.327. The summed E-state index contributed by atoms with van der Waals surface area (Å²) in [5.41, 5.74) is 0.774. The van der Waals surface area contributed by atoms with E-state index >= 15 is 0 Å². The van der Waals surface area contributed by atoms with Crippen molar-refractivity contribution in [2.24, 2.45) is 0 Å². The fourth-order valence-corrected chi connectivity index (χ4v) is 0.539. The Balaban J connectivity index is 3.64. The molecule has 1 unspecified atom stereocenters. The molecule has 0 fully saturated rings. The quantitative estimate of drug-likeness (QED) is 0.542. The lowest BCUT2D eigenvalue weighted by Crippen LogP contribution is -2.30. The maximum atomic E-state index is 8.47. The molecular formula is C7H12N2O. The molecule has 0 aliphatic carbocycles. The Morgan fingerprint density at radius 3 is 2.80 bits per heavy atom. The molecule has 0 aromatic carbocycles. The van der Waals surface area contributed by atoms with Gasteiger partial charge in [-0.05, 0) is 12.5 Å². The van der Waals surface area contributed by atoms with Crippen LogP contribution in [0.25, 0.3) is 0 Å². The van der Waals surface area contributed by atoms with Crippen LogP contribution in [0.4, 0.5) is 0 Å². The third-order valence-corrected chi connectivity index (χ3v) is 1.08. The van der Waals surface area contributed by atoms with Gasteiger partial charge in [0.15, 0.2) is 0 Å². The Morgan fingerprint density at radius 2 is 2.50 bits per heavy atom.